The number of anilines is 1. The Balaban J connectivity index is 1.49. The van der Waals surface area contributed by atoms with Gasteiger partial charge >= 0.3 is 0 Å². The Hall–Kier alpha value is -3.23. The van der Waals surface area contributed by atoms with E-state index in [2.05, 4.69) is 24.1 Å². The number of ether oxygens (including phenoxy) is 1. The van der Waals surface area contributed by atoms with Gasteiger partial charge in [0.25, 0.3) is 5.91 Å². The van der Waals surface area contributed by atoms with Crippen LogP contribution in [0.3, 0.4) is 0 Å². The van der Waals surface area contributed by atoms with E-state index in [4.69, 9.17) is 10.5 Å². The first kappa shape index (κ1) is 27.3. The number of hydrogen-bond acceptors (Lipinski definition) is 5. The average Bonchev–Trinajstić information content (AvgIpc) is 3.17. The Kier molecular flexibility index (Phi) is 7.53. The van der Waals surface area contributed by atoms with Crippen LogP contribution in [0.1, 0.15) is 66.8 Å². The number of fused-ring (bicyclic) bond motifs is 3. The number of para-hydroxylation sites is 1. The number of aromatic nitrogens is 1. The van der Waals surface area contributed by atoms with Gasteiger partial charge in [0.05, 0.1) is 29.5 Å². The highest BCUT2D eigenvalue weighted by molar-refractivity contribution is 6.06. The minimum atomic E-state index is -0.803. The number of hydrogen-bond donors (Lipinski definition) is 2. The van der Waals surface area contributed by atoms with Crippen molar-refractivity contribution in [3.8, 4) is 11.1 Å². The molecule has 3 aromatic rings. The third kappa shape index (κ3) is 5.58. The third-order valence-electron chi connectivity index (χ3n) is 8.05. The molecule has 2 aromatic carbocycles. The molecule has 7 nitrogen and oxygen atoms in total. The molecule has 0 saturated heterocycles. The van der Waals surface area contributed by atoms with Crippen molar-refractivity contribution in [2.24, 2.45) is 11.1 Å². The molecule has 0 spiro atoms. The van der Waals surface area contributed by atoms with Gasteiger partial charge in [0.1, 0.15) is 5.82 Å². The Morgan fingerprint density at radius 3 is 2.56 bits per heavy atom. The first-order valence-corrected chi connectivity index (χ1v) is 13.9. The highest BCUT2D eigenvalue weighted by Gasteiger charge is 2.35. The fourth-order valence-corrected chi connectivity index (χ4v) is 6.18. The lowest BCUT2D eigenvalue weighted by atomic mass is 9.80. The molecule has 8 heteroatoms. The normalized spacial score (nSPS) is 20.8. The zero-order valence-electron chi connectivity index (χ0n) is 23.4. The molecule has 2 aliphatic rings. The second-order valence-corrected chi connectivity index (χ2v) is 12.1. The topological polar surface area (TPSA) is 89.6 Å². The van der Waals surface area contributed by atoms with Crippen LogP contribution in [0.5, 0.6) is 0 Å². The highest BCUT2D eigenvalue weighted by Crippen LogP contribution is 2.44. The standard InChI is InChI=1S/C31H39FN4O3/c1-31(2)17-26-28(22-7-5-6-8-25(22)36(26)27(37)18-31)19-15-23(32)29(30(33)38)24(16-19)34-20-9-11-21(12-10-20)39-14-13-35(3)4/h5-8,15-16,20-21,34H,9-14,17-18H2,1-4H3,(H2,33,38)/t20-,21-. The molecule has 1 amide bonds. The summed E-state index contributed by atoms with van der Waals surface area (Å²) < 4.78 is 23.4. The van der Waals surface area contributed by atoms with Gasteiger partial charge in [0.15, 0.2) is 0 Å². The summed E-state index contributed by atoms with van der Waals surface area (Å²) in [5, 5.41) is 4.34. The fraction of sp³-hybridized carbons (Fsp3) is 0.484. The fourth-order valence-electron chi connectivity index (χ4n) is 6.18. The number of nitrogens with two attached hydrogens (primary N) is 1. The predicted octanol–water partition coefficient (Wildman–Crippen LogP) is 5.46. The van der Waals surface area contributed by atoms with Crippen molar-refractivity contribution in [2.45, 2.75) is 64.5 Å². The number of carbonyl (C=O) groups is 2. The van der Waals surface area contributed by atoms with E-state index in [0.29, 0.717) is 30.7 Å². The van der Waals surface area contributed by atoms with Crippen LogP contribution in [0.4, 0.5) is 10.1 Å². The third-order valence-corrected chi connectivity index (χ3v) is 8.05. The number of nitrogens with one attached hydrogen (secondary N) is 1. The molecule has 0 radical (unpaired) electrons. The molecule has 1 aliphatic heterocycles. The first-order chi connectivity index (χ1) is 18.5. The average molecular weight is 535 g/mol. The van der Waals surface area contributed by atoms with Gasteiger partial charge in [-0.2, -0.15) is 0 Å². The number of carbonyl (C=O) groups excluding carboxylic acids is 2. The molecule has 1 aromatic heterocycles. The molecular weight excluding hydrogens is 495 g/mol. The summed E-state index contributed by atoms with van der Waals surface area (Å²) in [6.45, 7) is 5.75. The number of amides is 1. The van der Waals surface area contributed by atoms with Crippen LogP contribution in [0.2, 0.25) is 0 Å². The number of nitrogens with zero attached hydrogens (tertiary/aromatic N) is 2. The van der Waals surface area contributed by atoms with Gasteiger partial charge < -0.3 is 20.7 Å². The van der Waals surface area contributed by atoms with E-state index in [9.17, 15) is 9.59 Å². The molecule has 39 heavy (non-hydrogen) atoms. The highest BCUT2D eigenvalue weighted by atomic mass is 19.1. The minimum Gasteiger partial charge on any atom is -0.382 e. The molecule has 3 N–H and O–H groups in total. The molecular formula is C31H39FN4O3. The van der Waals surface area contributed by atoms with Gasteiger partial charge in [0.2, 0.25) is 5.91 Å². The van der Waals surface area contributed by atoms with Crippen molar-refractivity contribution in [3.05, 3.63) is 53.5 Å². The number of benzene rings is 2. The summed E-state index contributed by atoms with van der Waals surface area (Å²) in [4.78, 5) is 27.7. The van der Waals surface area contributed by atoms with Crippen molar-refractivity contribution in [3.63, 3.8) is 0 Å². The van der Waals surface area contributed by atoms with Crippen LogP contribution in [-0.4, -0.2) is 60.7 Å². The summed E-state index contributed by atoms with van der Waals surface area (Å²) in [5.41, 5.74) is 8.89. The van der Waals surface area contributed by atoms with Crippen LogP contribution >= 0.6 is 0 Å². The molecule has 2 heterocycles. The zero-order chi connectivity index (χ0) is 27.9. The Morgan fingerprint density at radius 1 is 1.15 bits per heavy atom. The van der Waals surface area contributed by atoms with Gasteiger partial charge in [-0.15, -0.1) is 0 Å². The molecule has 0 unspecified atom stereocenters. The Morgan fingerprint density at radius 2 is 1.87 bits per heavy atom. The zero-order valence-corrected chi connectivity index (χ0v) is 23.4. The maximum Gasteiger partial charge on any atom is 0.253 e. The number of halogens is 1. The summed E-state index contributed by atoms with van der Waals surface area (Å²) >= 11 is 0. The maximum atomic E-state index is 15.6. The van der Waals surface area contributed by atoms with Crippen molar-refractivity contribution >= 4 is 28.4 Å². The smallest absolute Gasteiger partial charge is 0.253 e. The lowest BCUT2D eigenvalue weighted by Crippen LogP contribution is -2.32. The number of likely N-dealkylation sites (N-methyl/N-ethyl adjacent to an activating group) is 1. The van der Waals surface area contributed by atoms with Gasteiger partial charge in [-0.05, 0) is 75.4 Å². The lowest BCUT2D eigenvalue weighted by molar-refractivity contribution is 0.0196. The van der Waals surface area contributed by atoms with Crippen molar-refractivity contribution in [1.29, 1.82) is 0 Å². The second kappa shape index (κ2) is 10.7. The van der Waals surface area contributed by atoms with Gasteiger partial charge in [0, 0.05) is 35.7 Å². The Labute approximate surface area is 229 Å². The monoisotopic (exact) mass is 534 g/mol. The maximum absolute atomic E-state index is 15.6. The quantitative estimate of drug-likeness (QED) is 0.401. The van der Waals surface area contributed by atoms with E-state index in [1.165, 1.54) is 6.07 Å². The van der Waals surface area contributed by atoms with Gasteiger partial charge in [-0.3, -0.25) is 14.2 Å². The van der Waals surface area contributed by atoms with Crippen LogP contribution in [-0.2, 0) is 11.2 Å². The number of rotatable bonds is 8. The number of primary amides is 1. The summed E-state index contributed by atoms with van der Waals surface area (Å²) in [5.74, 6) is -1.42. The van der Waals surface area contributed by atoms with E-state index in [-0.39, 0.29) is 29.0 Å². The van der Waals surface area contributed by atoms with Crippen molar-refractivity contribution in [1.82, 2.24) is 9.47 Å². The second-order valence-electron chi connectivity index (χ2n) is 12.1. The van der Waals surface area contributed by atoms with Crippen LogP contribution in [0, 0.1) is 11.2 Å². The summed E-state index contributed by atoms with van der Waals surface area (Å²) in [6.07, 6.45) is 4.83. The van der Waals surface area contributed by atoms with Crippen molar-refractivity contribution in [2.75, 3.05) is 32.6 Å². The van der Waals surface area contributed by atoms with E-state index in [1.54, 1.807) is 4.57 Å². The van der Waals surface area contributed by atoms with Gasteiger partial charge in [-0.1, -0.05) is 32.0 Å². The molecule has 1 fully saturated rings. The molecule has 5 rings (SSSR count). The van der Waals surface area contributed by atoms with E-state index in [0.717, 1.165) is 54.4 Å². The molecule has 0 atom stereocenters. The SMILES string of the molecule is CN(C)CCO[C@H]1CC[C@H](Nc2cc(-c3c4n(c5ccccc35)C(=O)CC(C)(C)C4)cc(F)c2C(N)=O)CC1. The Bertz CT molecular complexity index is 1400. The van der Waals surface area contributed by atoms with E-state index < -0.39 is 11.7 Å². The van der Waals surface area contributed by atoms with Crippen LogP contribution in [0.15, 0.2) is 36.4 Å². The lowest BCUT2D eigenvalue weighted by Gasteiger charge is -2.31. The predicted molar refractivity (Wildman–Crippen MR) is 153 cm³/mol. The largest absolute Gasteiger partial charge is 0.382 e. The van der Waals surface area contributed by atoms with Crippen LogP contribution < -0.4 is 11.1 Å². The van der Waals surface area contributed by atoms with Gasteiger partial charge in [-0.25, -0.2) is 4.39 Å². The molecule has 0 bridgehead atoms. The van der Waals surface area contributed by atoms with Crippen LogP contribution in [0.25, 0.3) is 22.0 Å². The van der Waals surface area contributed by atoms with E-state index >= 15 is 4.39 Å². The molecule has 208 valence electrons. The summed E-state index contributed by atoms with van der Waals surface area (Å²) in [6, 6.07) is 11.0. The molecule has 1 aliphatic carbocycles. The summed E-state index contributed by atoms with van der Waals surface area (Å²) in [7, 11) is 4.05. The molecule has 1 saturated carbocycles. The first-order valence-electron chi connectivity index (χ1n) is 13.9. The van der Waals surface area contributed by atoms with Crippen molar-refractivity contribution < 1.29 is 18.7 Å². The minimum absolute atomic E-state index is 0.0424. The van der Waals surface area contributed by atoms with E-state index in [1.807, 2.05) is 44.4 Å².